The summed E-state index contributed by atoms with van der Waals surface area (Å²) in [7, 11) is 0. The molecule has 3 N–H and O–H groups in total. The van der Waals surface area contributed by atoms with Gasteiger partial charge in [-0.05, 0) is 64.0 Å². The number of allylic oxidation sites excluding steroid dienone is 2. The summed E-state index contributed by atoms with van der Waals surface area (Å²) in [6, 6.07) is 12.1. The van der Waals surface area contributed by atoms with Gasteiger partial charge in [-0.3, -0.25) is 4.99 Å². The summed E-state index contributed by atoms with van der Waals surface area (Å²) in [5.41, 5.74) is 14.3. The lowest BCUT2D eigenvalue weighted by atomic mass is 10.1. The molecular formula is C20H25N3. The summed E-state index contributed by atoms with van der Waals surface area (Å²) in [6.45, 7) is 10.3. The van der Waals surface area contributed by atoms with Crippen LogP contribution in [0.5, 0.6) is 0 Å². The van der Waals surface area contributed by atoms with Gasteiger partial charge < -0.3 is 11.1 Å². The molecule has 0 radical (unpaired) electrons. The van der Waals surface area contributed by atoms with Gasteiger partial charge in [-0.1, -0.05) is 29.8 Å². The third kappa shape index (κ3) is 4.46. The van der Waals surface area contributed by atoms with Crippen molar-refractivity contribution in [3.8, 4) is 0 Å². The zero-order valence-corrected chi connectivity index (χ0v) is 14.6. The van der Waals surface area contributed by atoms with Crippen LogP contribution in [0.25, 0.3) is 0 Å². The van der Waals surface area contributed by atoms with E-state index in [4.69, 9.17) is 10.7 Å². The third-order valence-electron chi connectivity index (χ3n) is 3.64. The van der Waals surface area contributed by atoms with Gasteiger partial charge in [0.15, 0.2) is 0 Å². The Morgan fingerprint density at radius 3 is 2.26 bits per heavy atom. The fourth-order valence-electron chi connectivity index (χ4n) is 2.73. The highest BCUT2D eigenvalue weighted by Gasteiger charge is 2.03. The highest BCUT2D eigenvalue weighted by Crippen LogP contribution is 2.25. The Kier molecular flexibility index (Phi) is 5.22. The smallest absolute Gasteiger partial charge is 0.0691 e. The molecular weight excluding hydrogens is 282 g/mol. The first-order valence-electron chi connectivity index (χ1n) is 7.80. The largest absolute Gasteiger partial charge is 0.397 e. The van der Waals surface area contributed by atoms with Gasteiger partial charge in [0, 0.05) is 11.4 Å². The maximum Gasteiger partial charge on any atom is 0.0691 e. The molecule has 23 heavy (non-hydrogen) atoms. The predicted octanol–water partition coefficient (Wildman–Crippen LogP) is 5.30. The van der Waals surface area contributed by atoms with E-state index in [1.165, 1.54) is 16.7 Å². The number of anilines is 2. The molecule has 3 heteroatoms. The summed E-state index contributed by atoms with van der Waals surface area (Å²) in [5, 5.41) is 3.32. The van der Waals surface area contributed by atoms with Crippen molar-refractivity contribution in [1.29, 1.82) is 0 Å². The molecule has 0 bridgehead atoms. The number of benzene rings is 2. The molecule has 2 rings (SSSR count). The molecule has 0 aliphatic rings. The normalized spacial score (nSPS) is 12.4. The van der Waals surface area contributed by atoms with Crippen molar-refractivity contribution in [1.82, 2.24) is 0 Å². The minimum atomic E-state index is 0.736. The number of nitrogen functional groups attached to an aromatic ring is 1. The molecule has 120 valence electrons. The van der Waals surface area contributed by atoms with E-state index in [1.807, 2.05) is 44.2 Å². The van der Waals surface area contributed by atoms with Crippen molar-refractivity contribution in [3.05, 3.63) is 64.9 Å². The Balaban J connectivity index is 2.23. The fraction of sp³-hybridized carbons (Fsp3) is 0.250. The van der Waals surface area contributed by atoms with Crippen LogP contribution in [0.2, 0.25) is 0 Å². The van der Waals surface area contributed by atoms with E-state index in [2.05, 4.69) is 38.2 Å². The lowest BCUT2D eigenvalue weighted by molar-refractivity contribution is 1.28. The summed E-state index contributed by atoms with van der Waals surface area (Å²) in [6.07, 6.45) is 2.03. The molecule has 0 aliphatic carbocycles. The van der Waals surface area contributed by atoms with Crippen molar-refractivity contribution >= 4 is 22.8 Å². The van der Waals surface area contributed by atoms with E-state index in [1.54, 1.807) is 0 Å². The van der Waals surface area contributed by atoms with Gasteiger partial charge in [-0.15, -0.1) is 0 Å². The number of para-hydroxylation sites is 2. The molecule has 0 saturated carbocycles. The summed E-state index contributed by atoms with van der Waals surface area (Å²) in [5.74, 6) is 0. The molecule has 0 aliphatic heterocycles. The number of hydrogen-bond donors (Lipinski definition) is 2. The standard InChI is InChI=1S/C20H25N3/c1-13-10-14(2)20(15(3)11-13)23-17(5)12-16(4)22-19-9-7-6-8-18(19)21/h6-12,22H,21H2,1-5H3. The number of nitrogens with two attached hydrogens (primary N) is 1. The molecule has 3 nitrogen and oxygen atoms in total. The van der Waals surface area contributed by atoms with Gasteiger partial charge in [0.1, 0.15) is 0 Å². The van der Waals surface area contributed by atoms with Gasteiger partial charge in [-0.2, -0.15) is 0 Å². The van der Waals surface area contributed by atoms with Crippen molar-refractivity contribution in [2.75, 3.05) is 11.1 Å². The number of aliphatic imine (C=N–C) groups is 1. The Morgan fingerprint density at radius 2 is 1.65 bits per heavy atom. The van der Waals surface area contributed by atoms with Gasteiger partial charge in [0.25, 0.3) is 0 Å². The fourth-order valence-corrected chi connectivity index (χ4v) is 2.73. The second-order valence-electron chi connectivity index (χ2n) is 6.04. The first-order valence-corrected chi connectivity index (χ1v) is 7.80. The molecule has 0 aromatic heterocycles. The zero-order valence-electron chi connectivity index (χ0n) is 14.6. The van der Waals surface area contributed by atoms with E-state index in [-0.39, 0.29) is 0 Å². The second-order valence-corrected chi connectivity index (χ2v) is 6.04. The molecule has 2 aromatic carbocycles. The van der Waals surface area contributed by atoms with Crippen LogP contribution in [0, 0.1) is 20.8 Å². The number of rotatable bonds is 4. The highest BCUT2D eigenvalue weighted by atomic mass is 14.9. The zero-order chi connectivity index (χ0) is 17.0. The first kappa shape index (κ1) is 16.8. The molecule has 0 fully saturated rings. The summed E-state index contributed by atoms with van der Waals surface area (Å²) in [4.78, 5) is 4.77. The number of aryl methyl sites for hydroxylation is 3. The number of nitrogens with zero attached hydrogens (tertiary/aromatic N) is 1. The topological polar surface area (TPSA) is 50.4 Å². The summed E-state index contributed by atoms with van der Waals surface area (Å²) >= 11 is 0. The van der Waals surface area contributed by atoms with Crippen LogP contribution in [0.15, 0.2) is 53.2 Å². The average Bonchev–Trinajstić information content (AvgIpc) is 2.45. The summed E-state index contributed by atoms with van der Waals surface area (Å²) < 4.78 is 0. The molecule has 0 saturated heterocycles. The van der Waals surface area contributed by atoms with Gasteiger partial charge >= 0.3 is 0 Å². The molecule has 0 amide bonds. The van der Waals surface area contributed by atoms with E-state index < -0.39 is 0 Å². The minimum absolute atomic E-state index is 0.736. The van der Waals surface area contributed by atoms with Crippen LogP contribution in [-0.4, -0.2) is 5.71 Å². The van der Waals surface area contributed by atoms with Crippen LogP contribution in [-0.2, 0) is 0 Å². The van der Waals surface area contributed by atoms with Gasteiger partial charge in [-0.25, -0.2) is 0 Å². The van der Waals surface area contributed by atoms with Crippen molar-refractivity contribution < 1.29 is 0 Å². The van der Waals surface area contributed by atoms with Crippen LogP contribution >= 0.6 is 0 Å². The number of hydrogen-bond acceptors (Lipinski definition) is 3. The monoisotopic (exact) mass is 307 g/mol. The maximum atomic E-state index is 5.96. The van der Waals surface area contributed by atoms with Crippen molar-refractivity contribution in [3.63, 3.8) is 0 Å². The second kappa shape index (κ2) is 7.14. The molecule has 0 heterocycles. The van der Waals surface area contributed by atoms with Crippen LogP contribution < -0.4 is 11.1 Å². The quantitative estimate of drug-likeness (QED) is 0.594. The van der Waals surface area contributed by atoms with E-state index in [9.17, 15) is 0 Å². The number of nitrogens with one attached hydrogen (secondary N) is 1. The van der Waals surface area contributed by atoms with Crippen LogP contribution in [0.1, 0.15) is 30.5 Å². The van der Waals surface area contributed by atoms with Gasteiger partial charge in [0.05, 0.1) is 17.1 Å². The van der Waals surface area contributed by atoms with E-state index in [0.29, 0.717) is 0 Å². The van der Waals surface area contributed by atoms with Crippen molar-refractivity contribution in [2.24, 2.45) is 4.99 Å². The minimum Gasteiger partial charge on any atom is -0.397 e. The van der Waals surface area contributed by atoms with Gasteiger partial charge in [0.2, 0.25) is 0 Å². The predicted molar refractivity (Wildman–Crippen MR) is 102 cm³/mol. The van der Waals surface area contributed by atoms with Crippen LogP contribution in [0.4, 0.5) is 17.1 Å². The molecule has 2 aromatic rings. The molecule has 0 spiro atoms. The maximum absolute atomic E-state index is 5.96. The first-order chi connectivity index (χ1) is 10.9. The highest BCUT2D eigenvalue weighted by molar-refractivity contribution is 5.96. The van der Waals surface area contributed by atoms with Crippen LogP contribution in [0.3, 0.4) is 0 Å². The van der Waals surface area contributed by atoms with E-state index >= 15 is 0 Å². The Hall–Kier alpha value is -2.55. The lowest BCUT2D eigenvalue weighted by Crippen LogP contribution is -2.01. The average molecular weight is 307 g/mol. The SMILES string of the molecule is CC(=CC(C)=Nc1c(C)cc(C)cc1C)Nc1ccccc1N. The Bertz CT molecular complexity index is 747. The third-order valence-corrected chi connectivity index (χ3v) is 3.64. The van der Waals surface area contributed by atoms with Crippen molar-refractivity contribution in [2.45, 2.75) is 34.6 Å². The molecule has 0 unspecified atom stereocenters. The molecule has 0 atom stereocenters. The lowest BCUT2D eigenvalue weighted by Gasteiger charge is -2.10. The Morgan fingerprint density at radius 1 is 1.04 bits per heavy atom. The Labute approximate surface area is 139 Å². The van der Waals surface area contributed by atoms with E-state index in [0.717, 1.165) is 28.5 Å².